The largest absolute Gasteiger partial charge is 0.493 e. The molecule has 2 aromatic rings. The molecule has 37 heavy (non-hydrogen) atoms. The van der Waals surface area contributed by atoms with Gasteiger partial charge in [0, 0.05) is 51.0 Å². The van der Waals surface area contributed by atoms with Gasteiger partial charge < -0.3 is 23.7 Å². The number of methoxy groups -OCH3 is 1. The molecular weight excluding hydrogens is 484 g/mol. The number of ketones is 1. The maximum absolute atomic E-state index is 13.7. The highest BCUT2D eigenvalue weighted by molar-refractivity contribution is 6.03. The lowest BCUT2D eigenvalue weighted by Gasteiger charge is -2.43. The van der Waals surface area contributed by atoms with Crippen molar-refractivity contribution in [1.82, 2.24) is 0 Å². The van der Waals surface area contributed by atoms with Gasteiger partial charge in [0.2, 0.25) is 0 Å². The Morgan fingerprint density at radius 3 is 1.84 bits per heavy atom. The molecule has 0 heterocycles. The molecule has 0 radical (unpaired) electrons. The molecule has 10 nitrogen and oxygen atoms in total. The smallest absolute Gasteiger partial charge is 0.308 e. The lowest BCUT2D eigenvalue weighted by molar-refractivity contribution is -0.143. The van der Waals surface area contributed by atoms with Crippen LogP contribution in [0, 0.1) is 11.8 Å². The van der Waals surface area contributed by atoms with Gasteiger partial charge in [0.15, 0.2) is 28.8 Å². The van der Waals surface area contributed by atoms with Crippen LogP contribution in [0.25, 0.3) is 0 Å². The Bertz CT molecular complexity index is 1320. The maximum atomic E-state index is 13.7. The monoisotopic (exact) mass is 510 g/mol. The van der Waals surface area contributed by atoms with E-state index in [0.29, 0.717) is 23.3 Å². The van der Waals surface area contributed by atoms with E-state index in [2.05, 4.69) is 0 Å². The molecule has 4 rings (SSSR count). The van der Waals surface area contributed by atoms with Gasteiger partial charge in [-0.3, -0.25) is 24.0 Å². The number of carbonyl (C=O) groups excluding carboxylic acids is 5. The molecule has 0 saturated heterocycles. The van der Waals surface area contributed by atoms with Gasteiger partial charge in [-0.25, -0.2) is 0 Å². The standard InChI is InChI=1S/C27H26O10/c1-12(28)34-11-21-19-6-16-7-22(33-5)23(35-13(2)29)8-17(16)26(21)18-9-24(36-14(3)30)25(37-15(4)31)10-20(18)27(19)32/h7-10,19,21,26H,6,11H2,1-5H3/t19-,21+,26-/m1/s1. The van der Waals surface area contributed by atoms with Crippen LogP contribution in [0.4, 0.5) is 0 Å². The van der Waals surface area contributed by atoms with Gasteiger partial charge in [-0.1, -0.05) is 0 Å². The Morgan fingerprint density at radius 1 is 0.757 bits per heavy atom. The normalized spacial score (nSPS) is 19.2. The summed E-state index contributed by atoms with van der Waals surface area (Å²) in [5, 5.41) is 0. The highest BCUT2D eigenvalue weighted by Gasteiger charge is 2.48. The van der Waals surface area contributed by atoms with E-state index in [1.807, 2.05) is 0 Å². The van der Waals surface area contributed by atoms with E-state index in [1.54, 1.807) is 12.1 Å². The molecule has 2 aromatic carbocycles. The first-order valence-electron chi connectivity index (χ1n) is 11.6. The van der Waals surface area contributed by atoms with E-state index in [0.717, 1.165) is 11.1 Å². The number of hydrogen-bond donors (Lipinski definition) is 0. The third-order valence-corrected chi connectivity index (χ3v) is 6.44. The molecule has 2 aliphatic rings. The number of rotatable bonds is 6. The number of fused-ring (bicyclic) bond motifs is 6. The summed E-state index contributed by atoms with van der Waals surface area (Å²) in [4.78, 5) is 60.7. The molecule has 0 N–H and O–H groups in total. The summed E-state index contributed by atoms with van der Waals surface area (Å²) >= 11 is 0. The topological polar surface area (TPSA) is 132 Å². The minimum absolute atomic E-state index is 0.0280. The van der Waals surface area contributed by atoms with Gasteiger partial charge in [-0.2, -0.15) is 0 Å². The molecular formula is C27H26O10. The van der Waals surface area contributed by atoms with Crippen molar-refractivity contribution in [3.8, 4) is 23.0 Å². The van der Waals surface area contributed by atoms with Gasteiger partial charge in [0.05, 0.1) is 13.7 Å². The Balaban J connectivity index is 1.96. The van der Waals surface area contributed by atoms with Crippen molar-refractivity contribution in [3.63, 3.8) is 0 Å². The Kier molecular flexibility index (Phi) is 7.02. The molecule has 0 aromatic heterocycles. The third-order valence-electron chi connectivity index (χ3n) is 6.44. The summed E-state index contributed by atoms with van der Waals surface area (Å²) in [5.74, 6) is -3.58. The van der Waals surface area contributed by atoms with Crippen molar-refractivity contribution in [3.05, 3.63) is 46.5 Å². The van der Waals surface area contributed by atoms with Crippen LogP contribution in [0.3, 0.4) is 0 Å². The van der Waals surface area contributed by atoms with Crippen LogP contribution in [0.15, 0.2) is 24.3 Å². The number of benzene rings is 2. The van der Waals surface area contributed by atoms with Crippen LogP contribution < -0.4 is 18.9 Å². The molecule has 10 heteroatoms. The van der Waals surface area contributed by atoms with E-state index < -0.39 is 41.6 Å². The zero-order chi connectivity index (χ0) is 27.0. The molecule has 2 bridgehead atoms. The predicted molar refractivity (Wildman–Crippen MR) is 127 cm³/mol. The minimum atomic E-state index is -0.645. The van der Waals surface area contributed by atoms with Crippen molar-refractivity contribution >= 4 is 29.7 Å². The fourth-order valence-electron chi connectivity index (χ4n) is 5.16. The Labute approximate surface area is 212 Å². The molecule has 0 saturated carbocycles. The van der Waals surface area contributed by atoms with Crippen molar-refractivity contribution in [2.24, 2.45) is 11.8 Å². The van der Waals surface area contributed by atoms with E-state index in [1.165, 1.54) is 46.9 Å². The lowest BCUT2D eigenvalue weighted by Crippen LogP contribution is -2.43. The average molecular weight is 510 g/mol. The average Bonchev–Trinajstić information content (AvgIpc) is 2.80. The summed E-state index contributed by atoms with van der Waals surface area (Å²) < 4.78 is 26.7. The van der Waals surface area contributed by atoms with Crippen LogP contribution in [0.5, 0.6) is 23.0 Å². The number of ether oxygens (including phenoxy) is 5. The Hall–Kier alpha value is -4.21. The molecule has 0 amide bonds. The van der Waals surface area contributed by atoms with Crippen LogP contribution in [0.1, 0.15) is 60.7 Å². The molecule has 0 fully saturated rings. The van der Waals surface area contributed by atoms with Gasteiger partial charge in [0.1, 0.15) is 0 Å². The quantitative estimate of drug-likeness (QED) is 0.422. The van der Waals surface area contributed by atoms with E-state index in [9.17, 15) is 24.0 Å². The van der Waals surface area contributed by atoms with Crippen LogP contribution in [-0.2, 0) is 30.3 Å². The van der Waals surface area contributed by atoms with Gasteiger partial charge in [0.25, 0.3) is 0 Å². The summed E-state index contributed by atoms with van der Waals surface area (Å²) in [7, 11) is 1.45. The summed E-state index contributed by atoms with van der Waals surface area (Å²) in [5.41, 5.74) is 2.36. The fraction of sp³-hybridized carbons (Fsp3) is 0.370. The molecule has 2 aliphatic carbocycles. The zero-order valence-electron chi connectivity index (χ0n) is 21.0. The first-order chi connectivity index (χ1) is 17.5. The lowest BCUT2D eigenvalue weighted by atomic mass is 9.60. The number of esters is 4. The second-order valence-electron chi connectivity index (χ2n) is 8.99. The van der Waals surface area contributed by atoms with Crippen LogP contribution in [0.2, 0.25) is 0 Å². The SMILES string of the molecule is COc1cc2c(cc1OC(C)=O)[C@@H]1c3cc(OC(C)=O)c(OC(C)=O)cc3C(=O)[C@H](C2)[C@@H]1COC(C)=O. The zero-order valence-corrected chi connectivity index (χ0v) is 21.0. The first-order valence-corrected chi connectivity index (χ1v) is 11.6. The predicted octanol–water partition coefficient (Wildman–Crippen LogP) is 3.15. The minimum Gasteiger partial charge on any atom is -0.493 e. The highest BCUT2D eigenvalue weighted by Crippen LogP contribution is 2.53. The fourth-order valence-corrected chi connectivity index (χ4v) is 5.16. The van der Waals surface area contributed by atoms with Crippen LogP contribution >= 0.6 is 0 Å². The first kappa shape index (κ1) is 25.9. The van der Waals surface area contributed by atoms with Crippen LogP contribution in [-0.4, -0.2) is 43.4 Å². The third kappa shape index (κ3) is 5.04. The second kappa shape index (κ2) is 10.0. The number of hydrogen-bond acceptors (Lipinski definition) is 10. The number of Topliss-reactive ketones (excluding diaryl/α,β-unsaturated/α-hetero) is 1. The molecule has 0 aliphatic heterocycles. The summed E-state index contributed by atoms with van der Waals surface area (Å²) in [6.07, 6.45) is 0.321. The molecule has 3 atom stereocenters. The molecule has 194 valence electrons. The van der Waals surface area contributed by atoms with Gasteiger partial charge >= 0.3 is 23.9 Å². The van der Waals surface area contributed by atoms with E-state index >= 15 is 0 Å². The van der Waals surface area contributed by atoms with E-state index in [4.69, 9.17) is 23.7 Å². The molecule has 0 spiro atoms. The van der Waals surface area contributed by atoms with Crippen molar-refractivity contribution in [2.75, 3.05) is 13.7 Å². The summed E-state index contributed by atoms with van der Waals surface area (Å²) in [6, 6.07) is 6.32. The van der Waals surface area contributed by atoms with Crippen molar-refractivity contribution in [2.45, 2.75) is 40.0 Å². The van der Waals surface area contributed by atoms with Crippen molar-refractivity contribution in [1.29, 1.82) is 0 Å². The summed E-state index contributed by atoms with van der Waals surface area (Å²) in [6.45, 7) is 4.93. The van der Waals surface area contributed by atoms with Gasteiger partial charge in [-0.15, -0.1) is 0 Å². The second-order valence-corrected chi connectivity index (χ2v) is 8.99. The Morgan fingerprint density at radius 2 is 1.30 bits per heavy atom. The van der Waals surface area contributed by atoms with Gasteiger partial charge in [-0.05, 0) is 47.4 Å². The van der Waals surface area contributed by atoms with E-state index in [-0.39, 0.29) is 29.6 Å². The molecule has 0 unspecified atom stereocenters. The number of carbonyl (C=O) groups is 5. The van der Waals surface area contributed by atoms with Crippen molar-refractivity contribution < 1.29 is 47.7 Å². The maximum Gasteiger partial charge on any atom is 0.308 e. The highest BCUT2D eigenvalue weighted by atomic mass is 16.6.